The van der Waals surface area contributed by atoms with Crippen LogP contribution in [0.2, 0.25) is 0 Å². The first-order valence-electron chi connectivity index (χ1n) is 10.3. The van der Waals surface area contributed by atoms with Crippen molar-refractivity contribution in [3.8, 4) is 5.75 Å². The predicted octanol–water partition coefficient (Wildman–Crippen LogP) is 3.27. The van der Waals surface area contributed by atoms with Crippen LogP contribution in [0.25, 0.3) is 0 Å². The first-order valence-corrected chi connectivity index (χ1v) is 10.3. The Morgan fingerprint density at radius 3 is 2.50 bits per heavy atom. The number of hydrogen-bond acceptors (Lipinski definition) is 4. The van der Waals surface area contributed by atoms with Crippen LogP contribution >= 0.6 is 0 Å². The van der Waals surface area contributed by atoms with Gasteiger partial charge in [0, 0.05) is 30.3 Å². The van der Waals surface area contributed by atoms with Crippen molar-refractivity contribution in [2.45, 2.75) is 52.2 Å². The van der Waals surface area contributed by atoms with E-state index in [4.69, 9.17) is 9.84 Å². The number of rotatable bonds is 5. The molecule has 0 spiro atoms. The summed E-state index contributed by atoms with van der Waals surface area (Å²) in [7, 11) is 1.63. The molecule has 1 fully saturated rings. The Morgan fingerprint density at radius 2 is 1.86 bits per heavy atom. The summed E-state index contributed by atoms with van der Waals surface area (Å²) in [5.74, 6) is 0.841. The maximum Gasteiger partial charge on any atom is 0.254 e. The summed E-state index contributed by atoms with van der Waals surface area (Å²) < 4.78 is 7.33. The van der Waals surface area contributed by atoms with Crippen LogP contribution in [0.4, 0.5) is 0 Å². The Morgan fingerprint density at radius 1 is 1.14 bits per heavy atom. The average Bonchev–Trinajstić information content (AvgIpc) is 3.35. The van der Waals surface area contributed by atoms with Gasteiger partial charge in [0.1, 0.15) is 5.75 Å². The molecule has 0 aliphatic carbocycles. The van der Waals surface area contributed by atoms with Crippen LogP contribution in [0.3, 0.4) is 0 Å². The van der Waals surface area contributed by atoms with Gasteiger partial charge in [-0.25, -0.2) is 0 Å². The van der Waals surface area contributed by atoms with E-state index in [0.29, 0.717) is 12.1 Å². The third kappa shape index (κ3) is 3.65. The van der Waals surface area contributed by atoms with Crippen molar-refractivity contribution in [1.82, 2.24) is 19.6 Å². The molecule has 0 saturated carbocycles. The number of amides is 1. The summed E-state index contributed by atoms with van der Waals surface area (Å²) >= 11 is 0. The molecule has 2 aliphatic rings. The van der Waals surface area contributed by atoms with Gasteiger partial charge in [0.15, 0.2) is 0 Å². The number of ether oxygens (including phenoxy) is 1. The SMILES string of the molecule is COc1ccc(C(=O)N2CCc3c(CN4CCCC4)nn(C(C)C)c3C2)cc1. The van der Waals surface area contributed by atoms with E-state index in [1.807, 2.05) is 29.2 Å². The number of carbonyl (C=O) groups excluding carboxylic acids is 1. The van der Waals surface area contributed by atoms with Crippen LogP contribution in [0, 0.1) is 0 Å². The van der Waals surface area contributed by atoms with Crippen LogP contribution < -0.4 is 4.74 Å². The smallest absolute Gasteiger partial charge is 0.254 e. The maximum atomic E-state index is 13.0. The summed E-state index contributed by atoms with van der Waals surface area (Å²) in [4.78, 5) is 17.5. The van der Waals surface area contributed by atoms with Crippen molar-refractivity contribution in [1.29, 1.82) is 0 Å². The lowest BCUT2D eigenvalue weighted by molar-refractivity contribution is 0.0728. The molecule has 1 aromatic heterocycles. The van der Waals surface area contributed by atoms with E-state index < -0.39 is 0 Å². The highest BCUT2D eigenvalue weighted by molar-refractivity contribution is 5.94. The molecule has 0 atom stereocenters. The number of hydrogen-bond donors (Lipinski definition) is 0. The normalized spacial score (nSPS) is 17.2. The van der Waals surface area contributed by atoms with E-state index in [9.17, 15) is 4.79 Å². The third-order valence-electron chi connectivity index (χ3n) is 5.86. The molecular formula is C22H30N4O2. The second-order valence-electron chi connectivity index (χ2n) is 8.10. The van der Waals surface area contributed by atoms with E-state index in [-0.39, 0.29) is 11.9 Å². The van der Waals surface area contributed by atoms with Crippen LogP contribution in [0.15, 0.2) is 24.3 Å². The van der Waals surface area contributed by atoms with Crippen LogP contribution in [0.1, 0.15) is 60.0 Å². The van der Waals surface area contributed by atoms with E-state index in [0.717, 1.165) is 25.3 Å². The minimum atomic E-state index is 0.0749. The summed E-state index contributed by atoms with van der Waals surface area (Å²) in [6, 6.07) is 7.66. The van der Waals surface area contributed by atoms with Crippen molar-refractivity contribution in [3.63, 3.8) is 0 Å². The minimum Gasteiger partial charge on any atom is -0.497 e. The maximum absolute atomic E-state index is 13.0. The zero-order chi connectivity index (χ0) is 19.7. The molecule has 1 aromatic carbocycles. The average molecular weight is 383 g/mol. The quantitative estimate of drug-likeness (QED) is 0.796. The molecule has 2 aliphatic heterocycles. The van der Waals surface area contributed by atoms with E-state index in [1.54, 1.807) is 7.11 Å². The summed E-state index contributed by atoms with van der Waals surface area (Å²) in [6.45, 7) is 8.99. The van der Waals surface area contributed by atoms with E-state index in [1.165, 1.54) is 42.9 Å². The largest absolute Gasteiger partial charge is 0.497 e. The predicted molar refractivity (Wildman–Crippen MR) is 109 cm³/mol. The fourth-order valence-electron chi connectivity index (χ4n) is 4.31. The van der Waals surface area contributed by atoms with Gasteiger partial charge in [0.25, 0.3) is 5.91 Å². The molecule has 0 N–H and O–H groups in total. The molecule has 150 valence electrons. The van der Waals surface area contributed by atoms with Gasteiger partial charge in [0.05, 0.1) is 25.0 Å². The van der Waals surface area contributed by atoms with Gasteiger partial charge < -0.3 is 9.64 Å². The molecule has 0 bridgehead atoms. The lowest BCUT2D eigenvalue weighted by Gasteiger charge is -2.29. The number of carbonyl (C=O) groups is 1. The number of nitrogens with zero attached hydrogens (tertiary/aromatic N) is 4. The molecule has 1 saturated heterocycles. The van der Waals surface area contributed by atoms with Crippen LogP contribution in [-0.4, -0.2) is 52.2 Å². The van der Waals surface area contributed by atoms with Gasteiger partial charge in [-0.05, 0) is 70.5 Å². The van der Waals surface area contributed by atoms with Crippen LogP contribution in [0.5, 0.6) is 5.75 Å². The Bertz CT molecular complexity index is 835. The molecule has 6 heteroatoms. The standard InChI is InChI=1S/C22H30N4O2/c1-16(2)26-21-15-25(22(27)17-6-8-18(28-3)9-7-17)13-10-19(21)20(23-26)14-24-11-4-5-12-24/h6-9,16H,4-5,10-15H2,1-3H3. The summed E-state index contributed by atoms with van der Waals surface area (Å²) in [5.41, 5.74) is 4.48. The number of likely N-dealkylation sites (tertiary alicyclic amines) is 1. The second-order valence-corrected chi connectivity index (χ2v) is 8.10. The number of aromatic nitrogens is 2. The van der Waals surface area contributed by atoms with Gasteiger partial charge in [0.2, 0.25) is 0 Å². The molecule has 2 aromatic rings. The minimum absolute atomic E-state index is 0.0749. The number of fused-ring (bicyclic) bond motifs is 1. The Kier molecular flexibility index (Phi) is 5.40. The zero-order valence-corrected chi connectivity index (χ0v) is 17.1. The highest BCUT2D eigenvalue weighted by Gasteiger charge is 2.29. The van der Waals surface area contributed by atoms with Crippen molar-refractivity contribution >= 4 is 5.91 Å². The first kappa shape index (κ1) is 19.0. The Balaban J connectivity index is 1.56. The van der Waals surface area contributed by atoms with Gasteiger partial charge in [-0.15, -0.1) is 0 Å². The van der Waals surface area contributed by atoms with Crippen molar-refractivity contribution < 1.29 is 9.53 Å². The first-order chi connectivity index (χ1) is 13.6. The zero-order valence-electron chi connectivity index (χ0n) is 17.1. The molecule has 0 radical (unpaired) electrons. The van der Waals surface area contributed by atoms with Gasteiger partial charge in [-0.2, -0.15) is 5.10 Å². The summed E-state index contributed by atoms with van der Waals surface area (Å²) in [6.07, 6.45) is 3.46. The fourth-order valence-corrected chi connectivity index (χ4v) is 4.31. The fraction of sp³-hybridized carbons (Fsp3) is 0.545. The Labute approximate surface area is 167 Å². The van der Waals surface area contributed by atoms with Gasteiger partial charge in [-0.1, -0.05) is 0 Å². The number of benzene rings is 1. The number of methoxy groups -OCH3 is 1. The lowest BCUT2D eigenvalue weighted by Crippen LogP contribution is -2.37. The highest BCUT2D eigenvalue weighted by Crippen LogP contribution is 2.28. The highest BCUT2D eigenvalue weighted by atomic mass is 16.5. The molecular weight excluding hydrogens is 352 g/mol. The second kappa shape index (κ2) is 7.95. The molecule has 4 rings (SSSR count). The topological polar surface area (TPSA) is 50.6 Å². The third-order valence-corrected chi connectivity index (χ3v) is 5.86. The van der Waals surface area contributed by atoms with E-state index in [2.05, 4.69) is 23.4 Å². The summed E-state index contributed by atoms with van der Waals surface area (Å²) in [5, 5.41) is 4.96. The lowest BCUT2D eigenvalue weighted by atomic mass is 10.0. The van der Waals surface area contributed by atoms with Crippen molar-refractivity contribution in [2.75, 3.05) is 26.7 Å². The van der Waals surface area contributed by atoms with Gasteiger partial charge >= 0.3 is 0 Å². The molecule has 1 amide bonds. The molecule has 28 heavy (non-hydrogen) atoms. The van der Waals surface area contributed by atoms with Gasteiger partial charge in [-0.3, -0.25) is 14.4 Å². The van der Waals surface area contributed by atoms with Crippen molar-refractivity contribution in [3.05, 3.63) is 46.8 Å². The molecule has 3 heterocycles. The Hall–Kier alpha value is -2.34. The van der Waals surface area contributed by atoms with Crippen molar-refractivity contribution in [2.24, 2.45) is 0 Å². The monoisotopic (exact) mass is 382 g/mol. The van der Waals surface area contributed by atoms with E-state index >= 15 is 0 Å². The van der Waals surface area contributed by atoms with Crippen LogP contribution in [-0.2, 0) is 19.5 Å². The molecule has 0 unspecified atom stereocenters. The molecule has 6 nitrogen and oxygen atoms in total.